The summed E-state index contributed by atoms with van der Waals surface area (Å²) in [6, 6.07) is 5.73. The zero-order valence-electron chi connectivity index (χ0n) is 11.8. The van der Waals surface area contributed by atoms with Crippen LogP contribution in [-0.2, 0) is 11.2 Å². The van der Waals surface area contributed by atoms with Crippen LogP contribution in [0, 0.1) is 5.82 Å². The van der Waals surface area contributed by atoms with E-state index < -0.39 is 11.9 Å². The molecule has 0 bridgehead atoms. The smallest absolute Gasteiger partial charge is 0.260 e. The van der Waals surface area contributed by atoms with Gasteiger partial charge in [0.05, 0.1) is 0 Å². The third-order valence-corrected chi connectivity index (χ3v) is 2.92. The van der Waals surface area contributed by atoms with Crippen LogP contribution in [0.2, 0.25) is 0 Å². The maximum Gasteiger partial charge on any atom is 0.260 e. The minimum absolute atomic E-state index is 0.223. The number of hydrogen-bond donors (Lipinski definition) is 2. The summed E-state index contributed by atoms with van der Waals surface area (Å²) in [7, 11) is 0. The molecule has 0 aliphatic heterocycles. The van der Waals surface area contributed by atoms with E-state index in [1.165, 1.54) is 12.1 Å². The lowest BCUT2D eigenvalue weighted by atomic mass is 10.3. The van der Waals surface area contributed by atoms with Gasteiger partial charge in [0.2, 0.25) is 0 Å². The summed E-state index contributed by atoms with van der Waals surface area (Å²) < 4.78 is 18.4. The van der Waals surface area contributed by atoms with Gasteiger partial charge in [0, 0.05) is 31.4 Å². The number of H-pyrrole nitrogens is 1. The van der Waals surface area contributed by atoms with Crippen LogP contribution >= 0.6 is 0 Å². The molecule has 1 atom stereocenters. The van der Waals surface area contributed by atoms with E-state index in [0.717, 1.165) is 18.7 Å². The Labute approximate surface area is 122 Å². The lowest BCUT2D eigenvalue weighted by Crippen LogP contribution is -2.37. The van der Waals surface area contributed by atoms with Crippen molar-refractivity contribution in [2.45, 2.75) is 25.9 Å². The number of rotatable bonds is 7. The third-order valence-electron chi connectivity index (χ3n) is 2.92. The molecule has 0 aliphatic rings. The Hall–Kier alpha value is -2.37. The molecule has 5 nitrogen and oxygen atoms in total. The normalized spacial score (nSPS) is 11.9. The van der Waals surface area contributed by atoms with E-state index in [9.17, 15) is 9.18 Å². The minimum atomic E-state index is -0.671. The maximum absolute atomic E-state index is 13.0. The van der Waals surface area contributed by atoms with Gasteiger partial charge < -0.3 is 15.0 Å². The van der Waals surface area contributed by atoms with Crippen molar-refractivity contribution >= 4 is 5.91 Å². The van der Waals surface area contributed by atoms with Crippen molar-refractivity contribution in [3.63, 3.8) is 0 Å². The number of imidazole rings is 1. The Balaban J connectivity index is 1.70. The standard InChI is InChI=1S/C15H18FN3O2/c1-11(21-13-5-2-4-12(16)10-13)15(20)19-7-3-6-14-17-8-9-18-14/h2,4-5,8-11H,3,6-7H2,1H3,(H,17,18)(H,19,20). The SMILES string of the molecule is CC(Oc1cccc(F)c1)C(=O)NCCCc1ncc[nH]1. The van der Waals surface area contributed by atoms with E-state index in [4.69, 9.17) is 4.74 Å². The highest BCUT2D eigenvalue weighted by Gasteiger charge is 2.14. The highest BCUT2D eigenvalue weighted by Crippen LogP contribution is 2.13. The summed E-state index contributed by atoms with van der Waals surface area (Å²) >= 11 is 0. The van der Waals surface area contributed by atoms with E-state index in [0.29, 0.717) is 12.3 Å². The van der Waals surface area contributed by atoms with Gasteiger partial charge >= 0.3 is 0 Å². The Kier molecular flexibility index (Phi) is 5.31. The topological polar surface area (TPSA) is 67.0 Å². The number of aromatic amines is 1. The lowest BCUT2D eigenvalue weighted by Gasteiger charge is -2.14. The monoisotopic (exact) mass is 291 g/mol. The first-order chi connectivity index (χ1) is 10.1. The zero-order valence-corrected chi connectivity index (χ0v) is 11.8. The molecule has 1 aromatic carbocycles. The summed E-state index contributed by atoms with van der Waals surface area (Å²) in [5, 5.41) is 2.78. The molecule has 112 valence electrons. The lowest BCUT2D eigenvalue weighted by molar-refractivity contribution is -0.127. The number of nitrogens with zero attached hydrogens (tertiary/aromatic N) is 1. The van der Waals surface area contributed by atoms with Crippen LogP contribution in [0.25, 0.3) is 0 Å². The molecule has 2 aromatic rings. The van der Waals surface area contributed by atoms with Crippen molar-refractivity contribution in [3.05, 3.63) is 48.3 Å². The van der Waals surface area contributed by atoms with Crippen molar-refractivity contribution in [1.29, 1.82) is 0 Å². The van der Waals surface area contributed by atoms with E-state index in [1.54, 1.807) is 31.5 Å². The Morgan fingerprint density at radius 1 is 1.52 bits per heavy atom. The molecule has 0 fully saturated rings. The Morgan fingerprint density at radius 3 is 3.10 bits per heavy atom. The van der Waals surface area contributed by atoms with Crippen LogP contribution in [0.5, 0.6) is 5.75 Å². The quantitative estimate of drug-likeness (QED) is 0.767. The van der Waals surface area contributed by atoms with Gasteiger partial charge in [0.1, 0.15) is 17.4 Å². The molecular weight excluding hydrogens is 273 g/mol. The minimum Gasteiger partial charge on any atom is -0.481 e. The van der Waals surface area contributed by atoms with E-state index >= 15 is 0 Å². The van der Waals surface area contributed by atoms with Crippen LogP contribution in [-0.4, -0.2) is 28.5 Å². The van der Waals surface area contributed by atoms with Crippen LogP contribution in [0.15, 0.2) is 36.7 Å². The summed E-state index contributed by atoms with van der Waals surface area (Å²) in [6.07, 6.45) is 4.35. The molecule has 0 spiro atoms. The third kappa shape index (κ3) is 4.91. The number of amides is 1. The fraction of sp³-hybridized carbons (Fsp3) is 0.333. The largest absolute Gasteiger partial charge is 0.481 e. The second-order valence-electron chi connectivity index (χ2n) is 4.65. The first-order valence-corrected chi connectivity index (χ1v) is 6.83. The Morgan fingerprint density at radius 2 is 2.38 bits per heavy atom. The van der Waals surface area contributed by atoms with Gasteiger partial charge in [0.15, 0.2) is 6.10 Å². The van der Waals surface area contributed by atoms with Gasteiger partial charge in [-0.05, 0) is 25.5 Å². The number of ether oxygens (including phenoxy) is 1. The zero-order chi connectivity index (χ0) is 15.1. The van der Waals surface area contributed by atoms with Crippen LogP contribution in [0.4, 0.5) is 4.39 Å². The molecule has 2 N–H and O–H groups in total. The average Bonchev–Trinajstić information content (AvgIpc) is 2.96. The average molecular weight is 291 g/mol. The molecule has 0 radical (unpaired) electrons. The molecule has 1 heterocycles. The second-order valence-corrected chi connectivity index (χ2v) is 4.65. The van der Waals surface area contributed by atoms with Crippen molar-refractivity contribution in [1.82, 2.24) is 15.3 Å². The Bertz CT molecular complexity index is 572. The summed E-state index contributed by atoms with van der Waals surface area (Å²) in [5.74, 6) is 0.624. The van der Waals surface area contributed by atoms with Gasteiger partial charge in [-0.25, -0.2) is 9.37 Å². The molecule has 0 aliphatic carbocycles. The molecule has 0 saturated heterocycles. The molecule has 21 heavy (non-hydrogen) atoms. The van der Waals surface area contributed by atoms with Crippen LogP contribution in [0.1, 0.15) is 19.2 Å². The van der Waals surface area contributed by atoms with E-state index in [1.807, 2.05) is 0 Å². The van der Waals surface area contributed by atoms with Gasteiger partial charge in [0.25, 0.3) is 5.91 Å². The van der Waals surface area contributed by atoms with E-state index in [-0.39, 0.29) is 5.91 Å². The molecule has 0 saturated carbocycles. The highest BCUT2D eigenvalue weighted by atomic mass is 19.1. The van der Waals surface area contributed by atoms with Crippen LogP contribution < -0.4 is 10.1 Å². The molecular formula is C15H18FN3O2. The molecule has 1 amide bonds. The predicted octanol–water partition coefficient (Wildman–Crippen LogP) is 2.07. The number of hydrogen-bond acceptors (Lipinski definition) is 3. The summed E-state index contributed by atoms with van der Waals surface area (Å²) in [5.41, 5.74) is 0. The number of halogens is 1. The fourth-order valence-corrected chi connectivity index (χ4v) is 1.84. The number of nitrogens with one attached hydrogen (secondary N) is 2. The van der Waals surface area contributed by atoms with Gasteiger partial charge in [-0.3, -0.25) is 4.79 Å². The predicted molar refractivity (Wildman–Crippen MR) is 76.4 cm³/mol. The summed E-state index contributed by atoms with van der Waals surface area (Å²) in [4.78, 5) is 18.9. The van der Waals surface area contributed by atoms with E-state index in [2.05, 4.69) is 15.3 Å². The molecule has 1 aromatic heterocycles. The number of carbonyl (C=O) groups is 1. The fourth-order valence-electron chi connectivity index (χ4n) is 1.84. The number of aryl methyl sites for hydroxylation is 1. The first kappa shape index (κ1) is 15.0. The van der Waals surface area contributed by atoms with Crippen molar-refractivity contribution in [3.8, 4) is 5.75 Å². The summed E-state index contributed by atoms with van der Waals surface area (Å²) in [6.45, 7) is 2.17. The molecule has 1 unspecified atom stereocenters. The van der Waals surface area contributed by atoms with Gasteiger partial charge in [-0.1, -0.05) is 6.07 Å². The first-order valence-electron chi connectivity index (χ1n) is 6.83. The molecule has 6 heteroatoms. The van der Waals surface area contributed by atoms with Crippen molar-refractivity contribution in [2.24, 2.45) is 0 Å². The van der Waals surface area contributed by atoms with Gasteiger partial charge in [-0.2, -0.15) is 0 Å². The number of benzene rings is 1. The van der Waals surface area contributed by atoms with Crippen molar-refractivity contribution in [2.75, 3.05) is 6.54 Å². The highest BCUT2D eigenvalue weighted by molar-refractivity contribution is 5.80. The number of aromatic nitrogens is 2. The molecule has 2 rings (SSSR count). The van der Waals surface area contributed by atoms with Gasteiger partial charge in [-0.15, -0.1) is 0 Å². The number of carbonyl (C=O) groups excluding carboxylic acids is 1. The second kappa shape index (κ2) is 7.42. The maximum atomic E-state index is 13.0. The van der Waals surface area contributed by atoms with Crippen LogP contribution in [0.3, 0.4) is 0 Å². The van der Waals surface area contributed by atoms with Crippen molar-refractivity contribution < 1.29 is 13.9 Å².